The standard InChI is InChI=1S/C15H16N2O2S/c1-9-6-4-5-7-12(9)17-13-10(2)14(20)16-8-11(13)15(18)19-3/h4-8H,1-3H3,(H2,16,17,20). The summed E-state index contributed by atoms with van der Waals surface area (Å²) in [7, 11) is 1.35. The minimum absolute atomic E-state index is 0.394. The fourth-order valence-corrected chi connectivity index (χ4v) is 2.04. The van der Waals surface area contributed by atoms with Crippen LogP contribution in [0.15, 0.2) is 35.5 Å². The van der Waals surface area contributed by atoms with E-state index in [2.05, 4.69) is 22.9 Å². The number of carbonyl (C=O) groups excluding carboxylic acids is 1. The number of anilines is 2. The number of aryl methyl sites for hydroxylation is 1. The maximum atomic E-state index is 11.8. The van der Waals surface area contributed by atoms with Gasteiger partial charge in [-0.1, -0.05) is 18.2 Å². The molecule has 0 aliphatic rings. The second-order valence-electron chi connectivity index (χ2n) is 4.43. The third-order valence-electron chi connectivity index (χ3n) is 3.11. The fraction of sp³-hybridized carbons (Fsp3) is 0.200. The molecular formula is C15H16N2O2S. The third kappa shape index (κ3) is 2.77. The molecule has 1 aromatic heterocycles. The summed E-state index contributed by atoms with van der Waals surface area (Å²) < 4.78 is 4.80. The van der Waals surface area contributed by atoms with Crippen LogP contribution in [-0.4, -0.2) is 18.1 Å². The van der Waals surface area contributed by atoms with Gasteiger partial charge >= 0.3 is 5.97 Å². The van der Waals surface area contributed by atoms with E-state index < -0.39 is 5.97 Å². The van der Waals surface area contributed by atoms with E-state index >= 15 is 0 Å². The summed E-state index contributed by atoms with van der Waals surface area (Å²) in [5.41, 5.74) is 3.89. The molecule has 0 radical (unpaired) electrons. The van der Waals surface area contributed by atoms with Crippen molar-refractivity contribution in [1.82, 2.24) is 4.98 Å². The molecule has 0 unspecified atom stereocenters. The van der Waals surface area contributed by atoms with Crippen LogP contribution >= 0.6 is 12.6 Å². The molecule has 1 heterocycles. The van der Waals surface area contributed by atoms with Gasteiger partial charge in [-0.25, -0.2) is 9.78 Å². The van der Waals surface area contributed by atoms with E-state index in [9.17, 15) is 4.79 Å². The van der Waals surface area contributed by atoms with Crippen molar-refractivity contribution >= 4 is 30.0 Å². The van der Waals surface area contributed by atoms with Gasteiger partial charge in [0.15, 0.2) is 0 Å². The third-order valence-corrected chi connectivity index (χ3v) is 3.56. The molecule has 0 saturated carbocycles. The Morgan fingerprint density at radius 3 is 2.65 bits per heavy atom. The van der Waals surface area contributed by atoms with E-state index in [4.69, 9.17) is 4.74 Å². The number of aromatic nitrogens is 1. The summed E-state index contributed by atoms with van der Waals surface area (Å²) in [4.78, 5) is 15.9. The quantitative estimate of drug-likeness (QED) is 0.670. The number of methoxy groups -OCH3 is 1. The first-order valence-corrected chi connectivity index (χ1v) is 6.59. The molecule has 0 spiro atoms. The van der Waals surface area contributed by atoms with Crippen molar-refractivity contribution in [3.8, 4) is 0 Å². The van der Waals surface area contributed by atoms with Crippen molar-refractivity contribution in [2.24, 2.45) is 0 Å². The van der Waals surface area contributed by atoms with Crippen LogP contribution in [0.1, 0.15) is 21.5 Å². The number of thiol groups is 1. The van der Waals surface area contributed by atoms with E-state index in [0.717, 1.165) is 16.8 Å². The summed E-state index contributed by atoms with van der Waals surface area (Å²) in [6, 6.07) is 7.85. The van der Waals surface area contributed by atoms with Crippen molar-refractivity contribution < 1.29 is 9.53 Å². The lowest BCUT2D eigenvalue weighted by Gasteiger charge is -2.16. The number of rotatable bonds is 3. The Labute approximate surface area is 123 Å². The number of carbonyl (C=O) groups is 1. The van der Waals surface area contributed by atoms with Crippen LogP contribution in [0.4, 0.5) is 11.4 Å². The molecule has 1 N–H and O–H groups in total. The van der Waals surface area contributed by atoms with Crippen LogP contribution < -0.4 is 5.32 Å². The normalized spacial score (nSPS) is 10.2. The van der Waals surface area contributed by atoms with Crippen LogP contribution in [0, 0.1) is 13.8 Å². The summed E-state index contributed by atoms with van der Waals surface area (Å²) in [5.74, 6) is -0.426. The zero-order valence-electron chi connectivity index (χ0n) is 11.6. The Morgan fingerprint density at radius 2 is 2.00 bits per heavy atom. The van der Waals surface area contributed by atoms with Crippen molar-refractivity contribution in [2.45, 2.75) is 18.9 Å². The van der Waals surface area contributed by atoms with Gasteiger partial charge in [-0.2, -0.15) is 0 Å². The van der Waals surface area contributed by atoms with Crippen molar-refractivity contribution in [1.29, 1.82) is 0 Å². The van der Waals surface area contributed by atoms with E-state index in [1.54, 1.807) is 0 Å². The van der Waals surface area contributed by atoms with Crippen molar-refractivity contribution in [2.75, 3.05) is 12.4 Å². The van der Waals surface area contributed by atoms with E-state index in [-0.39, 0.29) is 0 Å². The van der Waals surface area contributed by atoms with Gasteiger partial charge in [0, 0.05) is 17.4 Å². The molecule has 0 atom stereocenters. The molecule has 4 nitrogen and oxygen atoms in total. The molecule has 5 heteroatoms. The number of nitrogens with zero attached hydrogens (tertiary/aromatic N) is 1. The van der Waals surface area contributed by atoms with E-state index in [1.165, 1.54) is 13.3 Å². The molecule has 2 aromatic rings. The molecule has 2 rings (SSSR count). The second kappa shape index (κ2) is 5.96. The lowest BCUT2D eigenvalue weighted by molar-refractivity contribution is 0.0601. The monoisotopic (exact) mass is 288 g/mol. The minimum atomic E-state index is -0.426. The summed E-state index contributed by atoms with van der Waals surface area (Å²) in [5, 5.41) is 3.85. The number of ether oxygens (including phenoxy) is 1. The Hall–Kier alpha value is -2.01. The van der Waals surface area contributed by atoms with Crippen molar-refractivity contribution in [3.63, 3.8) is 0 Å². The SMILES string of the molecule is COC(=O)c1cnc(S)c(C)c1Nc1ccccc1C. The molecule has 0 amide bonds. The number of nitrogens with one attached hydrogen (secondary N) is 1. The van der Waals surface area contributed by atoms with Crippen LogP contribution in [0.2, 0.25) is 0 Å². The Bertz CT molecular complexity index is 656. The van der Waals surface area contributed by atoms with Gasteiger partial charge in [0.25, 0.3) is 0 Å². The molecule has 0 saturated heterocycles. The predicted molar refractivity (Wildman–Crippen MR) is 82.0 cm³/mol. The summed E-state index contributed by atoms with van der Waals surface area (Å²) in [6.07, 6.45) is 1.47. The van der Waals surface area contributed by atoms with Gasteiger partial charge in [0.2, 0.25) is 0 Å². The van der Waals surface area contributed by atoms with Gasteiger partial charge in [-0.3, -0.25) is 0 Å². The van der Waals surface area contributed by atoms with Gasteiger partial charge < -0.3 is 10.1 Å². The van der Waals surface area contributed by atoms with Crippen LogP contribution in [0.3, 0.4) is 0 Å². The maximum Gasteiger partial charge on any atom is 0.341 e. The van der Waals surface area contributed by atoms with Crippen LogP contribution in [0.5, 0.6) is 0 Å². The highest BCUT2D eigenvalue weighted by Gasteiger charge is 2.17. The summed E-state index contributed by atoms with van der Waals surface area (Å²) >= 11 is 4.30. The Morgan fingerprint density at radius 1 is 1.30 bits per heavy atom. The van der Waals surface area contributed by atoms with Crippen LogP contribution in [-0.2, 0) is 4.74 Å². The first kappa shape index (κ1) is 14.4. The second-order valence-corrected chi connectivity index (χ2v) is 4.85. The first-order valence-electron chi connectivity index (χ1n) is 6.14. The highest BCUT2D eigenvalue weighted by molar-refractivity contribution is 7.80. The first-order chi connectivity index (χ1) is 9.54. The molecule has 0 aliphatic carbocycles. The maximum absolute atomic E-state index is 11.8. The molecule has 20 heavy (non-hydrogen) atoms. The number of benzene rings is 1. The number of esters is 1. The number of hydrogen-bond donors (Lipinski definition) is 2. The van der Waals surface area contributed by atoms with Gasteiger partial charge in [0.1, 0.15) is 5.56 Å². The van der Waals surface area contributed by atoms with Gasteiger partial charge in [0.05, 0.1) is 17.8 Å². The average Bonchev–Trinajstić information content (AvgIpc) is 2.45. The van der Waals surface area contributed by atoms with Crippen LogP contribution in [0.25, 0.3) is 0 Å². The molecule has 0 fully saturated rings. The Balaban J connectivity index is 2.52. The minimum Gasteiger partial charge on any atom is -0.465 e. The predicted octanol–water partition coefficient (Wildman–Crippen LogP) is 3.52. The summed E-state index contributed by atoms with van der Waals surface area (Å²) in [6.45, 7) is 3.86. The fourth-order valence-electron chi connectivity index (χ4n) is 1.87. The van der Waals surface area contributed by atoms with Gasteiger partial charge in [-0.05, 0) is 25.5 Å². The van der Waals surface area contributed by atoms with E-state index in [1.807, 2.05) is 38.1 Å². The number of para-hydroxylation sites is 1. The molecule has 1 aromatic carbocycles. The topological polar surface area (TPSA) is 51.2 Å². The highest BCUT2D eigenvalue weighted by atomic mass is 32.1. The molecule has 0 aliphatic heterocycles. The molecular weight excluding hydrogens is 272 g/mol. The van der Waals surface area contributed by atoms with E-state index in [0.29, 0.717) is 16.3 Å². The zero-order chi connectivity index (χ0) is 14.7. The molecule has 104 valence electrons. The Kier molecular flexibility index (Phi) is 4.29. The highest BCUT2D eigenvalue weighted by Crippen LogP contribution is 2.29. The zero-order valence-corrected chi connectivity index (χ0v) is 12.5. The average molecular weight is 288 g/mol. The lowest BCUT2D eigenvalue weighted by Crippen LogP contribution is -2.09. The lowest BCUT2D eigenvalue weighted by atomic mass is 10.1. The smallest absolute Gasteiger partial charge is 0.341 e. The number of hydrogen-bond acceptors (Lipinski definition) is 5. The number of pyridine rings is 1. The van der Waals surface area contributed by atoms with Crippen molar-refractivity contribution in [3.05, 3.63) is 47.2 Å². The largest absolute Gasteiger partial charge is 0.465 e. The molecule has 0 bridgehead atoms. The van der Waals surface area contributed by atoms with Gasteiger partial charge in [-0.15, -0.1) is 12.6 Å².